The van der Waals surface area contributed by atoms with E-state index in [9.17, 15) is 23.2 Å². The molecule has 0 aliphatic carbocycles. The first-order valence-electron chi connectivity index (χ1n) is 6.95. The van der Waals surface area contributed by atoms with Crippen LogP contribution in [0, 0.1) is 11.6 Å². The largest absolute Gasteiger partial charge is 0.452 e. The zero-order valence-corrected chi connectivity index (χ0v) is 14.3. The van der Waals surface area contributed by atoms with Crippen molar-refractivity contribution in [3.05, 3.63) is 69.2 Å². The third-order valence-electron chi connectivity index (χ3n) is 3.00. The Bertz CT molecular complexity index is 877. The predicted molar refractivity (Wildman–Crippen MR) is 88.7 cm³/mol. The SMILES string of the molecule is O=C(COC(=O)c1cc(F)c(Cl)cc1Cl)NNC(=O)c1ccccc1F. The van der Waals surface area contributed by atoms with Crippen LogP contribution in [0.25, 0.3) is 0 Å². The molecule has 10 heteroatoms. The molecule has 0 bridgehead atoms. The van der Waals surface area contributed by atoms with Crippen LogP contribution in [0.15, 0.2) is 36.4 Å². The lowest BCUT2D eigenvalue weighted by Crippen LogP contribution is -2.43. The highest BCUT2D eigenvalue weighted by Gasteiger charge is 2.17. The molecule has 0 saturated heterocycles. The molecule has 0 spiro atoms. The first-order valence-corrected chi connectivity index (χ1v) is 7.70. The van der Waals surface area contributed by atoms with Gasteiger partial charge in [0.25, 0.3) is 11.8 Å². The highest BCUT2D eigenvalue weighted by Crippen LogP contribution is 2.24. The molecular weight excluding hydrogens is 393 g/mol. The monoisotopic (exact) mass is 402 g/mol. The second-order valence-electron chi connectivity index (χ2n) is 4.80. The number of nitrogens with one attached hydrogen (secondary N) is 2. The van der Waals surface area contributed by atoms with Crippen molar-refractivity contribution in [1.29, 1.82) is 0 Å². The van der Waals surface area contributed by atoms with Crippen LogP contribution in [0.1, 0.15) is 20.7 Å². The first-order chi connectivity index (χ1) is 12.3. The number of hydrazine groups is 1. The Morgan fingerprint density at radius 3 is 2.31 bits per heavy atom. The molecule has 0 aromatic heterocycles. The van der Waals surface area contributed by atoms with Gasteiger partial charge in [-0.1, -0.05) is 35.3 Å². The van der Waals surface area contributed by atoms with E-state index < -0.39 is 36.0 Å². The van der Waals surface area contributed by atoms with Crippen LogP contribution >= 0.6 is 23.2 Å². The van der Waals surface area contributed by atoms with Crippen molar-refractivity contribution < 1.29 is 27.9 Å². The van der Waals surface area contributed by atoms with Gasteiger partial charge in [-0.15, -0.1) is 0 Å². The Labute approximate surface area is 156 Å². The third-order valence-corrected chi connectivity index (χ3v) is 3.60. The molecule has 0 heterocycles. The van der Waals surface area contributed by atoms with Gasteiger partial charge in [0, 0.05) is 0 Å². The average Bonchev–Trinajstić information content (AvgIpc) is 2.61. The number of hydrogen-bond donors (Lipinski definition) is 2. The van der Waals surface area contributed by atoms with Crippen molar-refractivity contribution in [3.63, 3.8) is 0 Å². The van der Waals surface area contributed by atoms with Crippen molar-refractivity contribution in [2.75, 3.05) is 6.61 Å². The molecule has 2 aromatic carbocycles. The number of halogens is 4. The van der Waals surface area contributed by atoms with Gasteiger partial charge in [-0.25, -0.2) is 13.6 Å². The summed E-state index contributed by atoms with van der Waals surface area (Å²) in [6.07, 6.45) is 0. The fourth-order valence-electron chi connectivity index (χ4n) is 1.76. The van der Waals surface area contributed by atoms with Gasteiger partial charge in [0.2, 0.25) is 0 Å². The summed E-state index contributed by atoms with van der Waals surface area (Å²) in [6.45, 7) is -0.795. The number of hydrogen-bond acceptors (Lipinski definition) is 4. The minimum absolute atomic E-state index is 0.158. The second-order valence-corrected chi connectivity index (χ2v) is 5.62. The molecule has 0 atom stereocenters. The van der Waals surface area contributed by atoms with Crippen molar-refractivity contribution in [2.45, 2.75) is 0 Å². The standard InChI is InChI=1S/C16H10Cl2F2N2O4/c17-10-6-11(18)13(20)5-9(10)16(25)26-7-14(23)21-22-15(24)8-3-1-2-4-12(8)19/h1-6H,7H2,(H,21,23)(H,22,24). The van der Waals surface area contributed by atoms with Crippen molar-refractivity contribution in [1.82, 2.24) is 10.9 Å². The van der Waals surface area contributed by atoms with Crippen molar-refractivity contribution in [3.8, 4) is 0 Å². The molecule has 0 aliphatic rings. The summed E-state index contributed by atoms with van der Waals surface area (Å²) in [5.41, 5.74) is 3.29. The van der Waals surface area contributed by atoms with Crippen LogP contribution in [-0.2, 0) is 9.53 Å². The van der Waals surface area contributed by atoms with Gasteiger partial charge in [0.05, 0.1) is 21.2 Å². The summed E-state index contributed by atoms with van der Waals surface area (Å²) in [4.78, 5) is 35.1. The Morgan fingerprint density at radius 1 is 0.923 bits per heavy atom. The van der Waals surface area contributed by atoms with Crippen LogP contribution in [0.5, 0.6) is 0 Å². The number of amides is 2. The van der Waals surface area contributed by atoms with Crippen LogP contribution < -0.4 is 10.9 Å². The Kier molecular flexibility index (Phi) is 6.48. The Balaban J connectivity index is 1.87. The number of benzene rings is 2. The van der Waals surface area contributed by atoms with Crippen LogP contribution in [0.2, 0.25) is 10.0 Å². The summed E-state index contributed by atoms with van der Waals surface area (Å²) in [6, 6.07) is 6.92. The number of esters is 1. The molecule has 0 aliphatic heterocycles. The summed E-state index contributed by atoms with van der Waals surface area (Å²) in [5, 5.41) is -0.435. The Hall–Kier alpha value is -2.71. The fourth-order valence-corrected chi connectivity index (χ4v) is 2.22. The minimum atomic E-state index is -1.07. The zero-order valence-electron chi connectivity index (χ0n) is 12.8. The molecule has 6 nitrogen and oxygen atoms in total. The molecule has 0 saturated carbocycles. The molecule has 136 valence electrons. The lowest BCUT2D eigenvalue weighted by molar-refractivity contribution is -0.125. The Morgan fingerprint density at radius 2 is 1.62 bits per heavy atom. The number of carbonyl (C=O) groups excluding carboxylic acids is 3. The second kappa shape index (κ2) is 8.59. The van der Waals surface area contributed by atoms with Gasteiger partial charge in [0.15, 0.2) is 6.61 Å². The van der Waals surface area contributed by atoms with Gasteiger partial charge in [-0.05, 0) is 24.3 Å². The maximum atomic E-state index is 13.4. The average molecular weight is 403 g/mol. The number of rotatable bonds is 4. The van der Waals surface area contributed by atoms with Crippen LogP contribution in [-0.4, -0.2) is 24.4 Å². The fraction of sp³-hybridized carbons (Fsp3) is 0.0625. The zero-order chi connectivity index (χ0) is 19.3. The van der Waals surface area contributed by atoms with E-state index in [1.807, 2.05) is 10.9 Å². The summed E-state index contributed by atoms with van der Waals surface area (Å²) in [5.74, 6) is -4.53. The van der Waals surface area contributed by atoms with E-state index >= 15 is 0 Å². The summed E-state index contributed by atoms with van der Waals surface area (Å²) < 4.78 is 31.4. The van der Waals surface area contributed by atoms with Crippen molar-refractivity contribution >= 4 is 41.0 Å². The maximum Gasteiger partial charge on any atom is 0.340 e. The number of ether oxygens (including phenoxy) is 1. The highest BCUT2D eigenvalue weighted by molar-refractivity contribution is 6.36. The van der Waals surface area contributed by atoms with E-state index in [-0.39, 0.29) is 21.2 Å². The summed E-state index contributed by atoms with van der Waals surface area (Å²) in [7, 11) is 0. The lowest BCUT2D eigenvalue weighted by atomic mass is 10.2. The van der Waals surface area contributed by atoms with Gasteiger partial charge in [-0.3, -0.25) is 20.4 Å². The molecule has 0 radical (unpaired) electrons. The van der Waals surface area contributed by atoms with Gasteiger partial charge in [0.1, 0.15) is 11.6 Å². The molecule has 2 rings (SSSR count). The summed E-state index contributed by atoms with van der Waals surface area (Å²) >= 11 is 11.3. The van der Waals surface area contributed by atoms with E-state index in [4.69, 9.17) is 23.2 Å². The first kappa shape index (κ1) is 19.6. The lowest BCUT2D eigenvalue weighted by Gasteiger charge is -2.09. The minimum Gasteiger partial charge on any atom is -0.452 e. The van der Waals surface area contributed by atoms with Crippen LogP contribution in [0.4, 0.5) is 8.78 Å². The van der Waals surface area contributed by atoms with Gasteiger partial charge < -0.3 is 4.74 Å². The van der Waals surface area contributed by atoms with E-state index in [1.165, 1.54) is 18.2 Å². The molecular formula is C16H10Cl2F2N2O4. The normalized spacial score (nSPS) is 10.2. The van der Waals surface area contributed by atoms with E-state index in [0.717, 1.165) is 18.2 Å². The van der Waals surface area contributed by atoms with Crippen LogP contribution in [0.3, 0.4) is 0 Å². The molecule has 2 N–H and O–H groups in total. The smallest absolute Gasteiger partial charge is 0.340 e. The third kappa shape index (κ3) is 4.90. The topological polar surface area (TPSA) is 84.5 Å². The molecule has 26 heavy (non-hydrogen) atoms. The molecule has 2 aromatic rings. The van der Waals surface area contributed by atoms with E-state index in [1.54, 1.807) is 0 Å². The van der Waals surface area contributed by atoms with Crippen molar-refractivity contribution in [2.24, 2.45) is 0 Å². The van der Waals surface area contributed by atoms with E-state index in [0.29, 0.717) is 0 Å². The van der Waals surface area contributed by atoms with E-state index in [2.05, 4.69) is 4.74 Å². The van der Waals surface area contributed by atoms with Gasteiger partial charge in [-0.2, -0.15) is 0 Å². The van der Waals surface area contributed by atoms with Gasteiger partial charge >= 0.3 is 5.97 Å². The quantitative estimate of drug-likeness (QED) is 0.467. The molecule has 0 fully saturated rings. The maximum absolute atomic E-state index is 13.4. The molecule has 2 amide bonds. The molecule has 0 unspecified atom stereocenters. The predicted octanol–water partition coefficient (Wildman–Crippen LogP) is 2.89. The highest BCUT2D eigenvalue weighted by atomic mass is 35.5. The number of carbonyl (C=O) groups is 3.